The van der Waals surface area contributed by atoms with Gasteiger partial charge in [0.1, 0.15) is 0 Å². The van der Waals surface area contributed by atoms with Gasteiger partial charge in [-0.25, -0.2) is 0 Å². The van der Waals surface area contributed by atoms with E-state index < -0.39 is 10.8 Å². The molecule has 0 aliphatic heterocycles. The summed E-state index contributed by atoms with van der Waals surface area (Å²) >= 11 is 0. The summed E-state index contributed by atoms with van der Waals surface area (Å²) in [4.78, 5) is 36.5. The van der Waals surface area contributed by atoms with E-state index in [1.54, 1.807) is 6.07 Å². The number of hydrogen-bond acceptors (Lipinski definition) is 4. The van der Waals surface area contributed by atoms with Crippen molar-refractivity contribution < 1.29 is 14.4 Å². The zero-order chi connectivity index (χ0) is 30.4. The van der Waals surface area contributed by atoms with Gasteiger partial charge in [0.25, 0.3) is 0 Å². The van der Waals surface area contributed by atoms with Crippen molar-refractivity contribution in [2.75, 3.05) is 10.6 Å². The van der Waals surface area contributed by atoms with E-state index >= 15 is 0 Å². The van der Waals surface area contributed by atoms with Crippen LogP contribution in [-0.2, 0) is 9.59 Å². The third-order valence-electron chi connectivity index (χ3n) is 7.58. The van der Waals surface area contributed by atoms with Crippen molar-refractivity contribution in [3.05, 3.63) is 107 Å². The minimum Gasteiger partial charge on any atom is -0.326 e. The normalized spacial score (nSPS) is 14.5. The van der Waals surface area contributed by atoms with Crippen molar-refractivity contribution in [3.63, 3.8) is 0 Å². The van der Waals surface area contributed by atoms with Crippen LogP contribution in [0, 0.1) is 10.8 Å². The highest BCUT2D eigenvalue weighted by Gasteiger charge is 2.28. The molecule has 2 amide bonds. The van der Waals surface area contributed by atoms with Crippen LogP contribution in [0.2, 0.25) is 0 Å². The van der Waals surface area contributed by atoms with Gasteiger partial charge in [0.15, 0.2) is 5.78 Å². The van der Waals surface area contributed by atoms with Gasteiger partial charge in [0, 0.05) is 33.3 Å². The van der Waals surface area contributed by atoms with Gasteiger partial charge in [-0.05, 0) is 57.6 Å². The average Bonchev–Trinajstić information content (AvgIpc) is 3.39. The van der Waals surface area contributed by atoms with Crippen molar-refractivity contribution in [2.45, 2.75) is 47.6 Å². The second-order valence-electron chi connectivity index (χ2n) is 12.9. The fourth-order valence-electron chi connectivity index (χ4n) is 5.07. The molecule has 214 valence electrons. The van der Waals surface area contributed by atoms with E-state index in [-0.39, 0.29) is 23.6 Å². The van der Waals surface area contributed by atoms with Crippen LogP contribution in [0.1, 0.15) is 74.6 Å². The van der Waals surface area contributed by atoms with Crippen LogP contribution in [0.25, 0.3) is 22.3 Å². The van der Waals surface area contributed by atoms with Crippen molar-refractivity contribution in [1.29, 1.82) is 0 Å². The second kappa shape index (κ2) is 10.7. The lowest BCUT2D eigenvalue weighted by Gasteiger charge is -2.18. The van der Waals surface area contributed by atoms with Crippen LogP contribution < -0.4 is 16.4 Å². The highest BCUT2D eigenvalue weighted by molar-refractivity contribution is 6.22. The Balaban J connectivity index is 0.000000168. The number of amides is 2. The largest absolute Gasteiger partial charge is 0.326 e. The predicted octanol–water partition coefficient (Wildman–Crippen LogP) is 7.58. The molecule has 4 aromatic rings. The third-order valence-corrected chi connectivity index (χ3v) is 7.58. The van der Waals surface area contributed by atoms with Gasteiger partial charge in [0.2, 0.25) is 11.8 Å². The summed E-state index contributed by atoms with van der Waals surface area (Å²) in [5, 5.41) is 5.83. The van der Waals surface area contributed by atoms with Gasteiger partial charge < -0.3 is 16.4 Å². The molecule has 0 fully saturated rings. The first-order chi connectivity index (χ1) is 19.8. The van der Waals surface area contributed by atoms with Crippen LogP contribution in [0.3, 0.4) is 0 Å². The minimum absolute atomic E-state index is 0.00605. The minimum atomic E-state index is -0.466. The fourth-order valence-corrected chi connectivity index (χ4v) is 5.07. The molecular formula is C36H37N3O3. The highest BCUT2D eigenvalue weighted by Crippen LogP contribution is 2.43. The maximum absolute atomic E-state index is 12.4. The number of ketones is 1. The quantitative estimate of drug-likeness (QED) is 0.207. The summed E-state index contributed by atoms with van der Waals surface area (Å²) in [6, 6.07) is 27.1. The summed E-state index contributed by atoms with van der Waals surface area (Å²) in [6.45, 7) is 11.3. The molecule has 42 heavy (non-hydrogen) atoms. The zero-order valence-corrected chi connectivity index (χ0v) is 25.0. The third kappa shape index (κ3) is 5.50. The Morgan fingerprint density at radius 3 is 1.62 bits per heavy atom. The molecule has 0 spiro atoms. The molecule has 1 atom stereocenters. The van der Waals surface area contributed by atoms with E-state index in [0.29, 0.717) is 11.3 Å². The van der Waals surface area contributed by atoms with E-state index in [2.05, 4.69) is 22.8 Å². The van der Waals surface area contributed by atoms with E-state index in [0.717, 1.165) is 39.1 Å². The Morgan fingerprint density at radius 2 is 1.02 bits per heavy atom. The Bertz CT molecular complexity index is 1720. The lowest BCUT2D eigenvalue weighted by atomic mass is 9.95. The summed E-state index contributed by atoms with van der Waals surface area (Å²) < 4.78 is 0. The lowest BCUT2D eigenvalue weighted by molar-refractivity contribution is -0.123. The number of nitrogens with one attached hydrogen (secondary N) is 2. The smallest absolute Gasteiger partial charge is 0.229 e. The SMILES string of the molecule is CC(C)(C)C(=O)Nc1ccc2c(c1)C(=O)c1ccccc1-2.CC(C)(C)C(=O)Nc1ccc2c(c1)C(N)c1ccccc1-2. The number of fused-ring (bicyclic) bond motifs is 6. The Hall–Kier alpha value is -4.55. The second-order valence-corrected chi connectivity index (χ2v) is 12.9. The van der Waals surface area contributed by atoms with E-state index in [4.69, 9.17) is 5.73 Å². The number of carbonyl (C=O) groups is 3. The van der Waals surface area contributed by atoms with Gasteiger partial charge in [0.05, 0.1) is 6.04 Å². The lowest BCUT2D eigenvalue weighted by Crippen LogP contribution is -2.27. The number of hydrogen-bond donors (Lipinski definition) is 3. The molecule has 6 heteroatoms. The molecule has 0 bridgehead atoms. The molecule has 2 aliphatic rings. The van der Waals surface area contributed by atoms with Gasteiger partial charge >= 0.3 is 0 Å². The molecule has 0 aromatic heterocycles. The molecule has 6 rings (SSSR count). The Labute approximate surface area is 247 Å². The number of benzene rings is 4. The number of rotatable bonds is 2. The van der Waals surface area contributed by atoms with Gasteiger partial charge in [-0.1, -0.05) is 102 Å². The molecule has 0 saturated carbocycles. The summed E-state index contributed by atoms with van der Waals surface area (Å²) in [7, 11) is 0. The molecule has 6 nitrogen and oxygen atoms in total. The molecule has 2 aliphatic carbocycles. The first kappa shape index (κ1) is 29.0. The summed E-state index contributed by atoms with van der Waals surface area (Å²) in [6.07, 6.45) is 0. The van der Waals surface area contributed by atoms with Crippen LogP contribution >= 0.6 is 0 Å². The number of nitrogens with two attached hydrogens (primary N) is 1. The van der Waals surface area contributed by atoms with E-state index in [1.165, 1.54) is 5.56 Å². The number of anilines is 2. The maximum Gasteiger partial charge on any atom is 0.229 e. The average molecular weight is 560 g/mol. The highest BCUT2D eigenvalue weighted by atomic mass is 16.2. The Morgan fingerprint density at radius 1 is 0.571 bits per heavy atom. The molecule has 4 N–H and O–H groups in total. The summed E-state index contributed by atoms with van der Waals surface area (Å²) in [5.74, 6) is -0.0376. The van der Waals surface area contributed by atoms with Crippen LogP contribution in [0.15, 0.2) is 84.9 Å². The van der Waals surface area contributed by atoms with Crippen LogP contribution in [0.4, 0.5) is 11.4 Å². The Kier molecular flexibility index (Phi) is 7.37. The molecule has 4 aromatic carbocycles. The fraction of sp³-hybridized carbons (Fsp3) is 0.250. The molecule has 0 heterocycles. The predicted molar refractivity (Wildman–Crippen MR) is 169 cm³/mol. The van der Waals surface area contributed by atoms with Gasteiger partial charge in [-0.15, -0.1) is 0 Å². The topological polar surface area (TPSA) is 101 Å². The van der Waals surface area contributed by atoms with Gasteiger partial charge in [-0.2, -0.15) is 0 Å². The molecule has 1 unspecified atom stereocenters. The molecular weight excluding hydrogens is 522 g/mol. The van der Waals surface area contributed by atoms with E-state index in [9.17, 15) is 14.4 Å². The van der Waals surface area contributed by atoms with Crippen LogP contribution in [0.5, 0.6) is 0 Å². The van der Waals surface area contributed by atoms with Crippen molar-refractivity contribution >= 4 is 29.0 Å². The van der Waals surface area contributed by atoms with Crippen molar-refractivity contribution in [3.8, 4) is 22.3 Å². The molecule has 0 saturated heterocycles. The van der Waals surface area contributed by atoms with E-state index in [1.807, 2.05) is 108 Å². The number of carbonyl (C=O) groups excluding carboxylic acids is 3. The summed E-state index contributed by atoms with van der Waals surface area (Å²) in [5.41, 5.74) is 14.8. The van der Waals surface area contributed by atoms with Gasteiger partial charge in [-0.3, -0.25) is 14.4 Å². The molecule has 0 radical (unpaired) electrons. The standard InChI is InChI=1S/C18H20N2O.C18H17NO2/c1-18(2,3)17(21)20-11-8-9-13-12-6-4-5-7-14(12)16(19)15(13)10-11;1-18(2,3)17(21)19-11-8-9-13-12-6-4-5-7-14(12)16(20)15(13)10-11/h4-10,16H,19H2,1-3H3,(H,20,21);4-10H,1-3H3,(H,19,21). The first-order valence-electron chi connectivity index (χ1n) is 14.2. The van der Waals surface area contributed by atoms with Crippen LogP contribution in [-0.4, -0.2) is 17.6 Å². The van der Waals surface area contributed by atoms with Crippen molar-refractivity contribution in [2.24, 2.45) is 16.6 Å². The monoisotopic (exact) mass is 559 g/mol. The first-order valence-corrected chi connectivity index (χ1v) is 14.2. The maximum atomic E-state index is 12.4. The van der Waals surface area contributed by atoms with Crippen molar-refractivity contribution in [1.82, 2.24) is 0 Å². The zero-order valence-electron chi connectivity index (χ0n) is 25.0.